The monoisotopic (exact) mass is 488 g/mol. The van der Waals surface area contributed by atoms with E-state index in [2.05, 4.69) is 10.2 Å². The largest absolute Gasteiger partial charge is 0.379 e. The Bertz CT molecular complexity index is 1110. The molecular formula is C23H25ClN4O2S2. The van der Waals surface area contributed by atoms with E-state index in [4.69, 9.17) is 26.3 Å². The summed E-state index contributed by atoms with van der Waals surface area (Å²) in [5.74, 6) is 1.08. The minimum absolute atomic E-state index is 0.0529. The molecule has 0 spiro atoms. The van der Waals surface area contributed by atoms with Gasteiger partial charge in [-0.25, -0.2) is 9.97 Å². The molecule has 1 aliphatic heterocycles. The van der Waals surface area contributed by atoms with Crippen molar-refractivity contribution in [3.8, 4) is 0 Å². The zero-order valence-corrected chi connectivity index (χ0v) is 20.1. The smallest absolute Gasteiger partial charge is 0.234 e. The molecule has 32 heavy (non-hydrogen) atoms. The molecule has 6 nitrogen and oxygen atoms in total. The first-order valence-electron chi connectivity index (χ1n) is 11.0. The highest BCUT2D eigenvalue weighted by atomic mass is 35.5. The number of halogens is 1. The van der Waals surface area contributed by atoms with Crippen LogP contribution in [-0.2, 0) is 28.9 Å². The van der Waals surface area contributed by atoms with Gasteiger partial charge in [-0.2, -0.15) is 0 Å². The van der Waals surface area contributed by atoms with E-state index in [0.717, 1.165) is 60.5 Å². The van der Waals surface area contributed by atoms with Gasteiger partial charge in [-0.3, -0.25) is 9.69 Å². The quantitative estimate of drug-likeness (QED) is 0.397. The lowest BCUT2D eigenvalue weighted by Crippen LogP contribution is -2.36. The fraction of sp³-hybridized carbons (Fsp3) is 0.435. The second-order valence-corrected chi connectivity index (χ2v) is 10.6. The van der Waals surface area contributed by atoms with Crippen LogP contribution >= 0.6 is 34.7 Å². The molecule has 1 aromatic carbocycles. The molecule has 0 saturated carbocycles. The van der Waals surface area contributed by atoms with Gasteiger partial charge < -0.3 is 10.1 Å². The van der Waals surface area contributed by atoms with Crippen molar-refractivity contribution in [2.24, 2.45) is 0 Å². The Labute approximate surface area is 200 Å². The van der Waals surface area contributed by atoms with Gasteiger partial charge in [0.2, 0.25) is 5.91 Å². The Balaban J connectivity index is 1.38. The van der Waals surface area contributed by atoms with Crippen molar-refractivity contribution in [3.63, 3.8) is 0 Å². The zero-order valence-electron chi connectivity index (χ0n) is 17.7. The number of amides is 1. The molecule has 0 radical (unpaired) electrons. The predicted molar refractivity (Wildman–Crippen MR) is 131 cm³/mol. The van der Waals surface area contributed by atoms with Crippen molar-refractivity contribution in [1.29, 1.82) is 0 Å². The molecule has 1 saturated heterocycles. The third kappa shape index (κ3) is 5.10. The topological polar surface area (TPSA) is 67.4 Å². The summed E-state index contributed by atoms with van der Waals surface area (Å²) in [7, 11) is 0. The van der Waals surface area contributed by atoms with Crippen molar-refractivity contribution < 1.29 is 9.53 Å². The lowest BCUT2D eigenvalue weighted by Gasteiger charge is -2.25. The van der Waals surface area contributed by atoms with Crippen LogP contribution in [-0.4, -0.2) is 52.8 Å². The standard InChI is InChI=1S/C23H25ClN4O2S2/c24-15-5-7-16(8-6-15)25-20(29)14-31-22-21-17-3-1-2-4-18(17)32-23(21)27-19(26-22)13-28-9-11-30-12-10-28/h5-8H,1-4,9-14H2,(H,25,29). The summed E-state index contributed by atoms with van der Waals surface area (Å²) in [5, 5.41) is 5.69. The Morgan fingerprint density at radius 3 is 2.75 bits per heavy atom. The van der Waals surface area contributed by atoms with Crippen LogP contribution in [0.1, 0.15) is 29.1 Å². The van der Waals surface area contributed by atoms with Gasteiger partial charge in [-0.05, 0) is 55.5 Å². The first-order chi connectivity index (χ1) is 15.7. The number of ether oxygens (including phenoxy) is 1. The molecule has 9 heteroatoms. The summed E-state index contributed by atoms with van der Waals surface area (Å²) < 4.78 is 5.47. The first-order valence-corrected chi connectivity index (χ1v) is 13.1. The fourth-order valence-electron chi connectivity index (χ4n) is 4.16. The molecule has 2 aromatic heterocycles. The van der Waals surface area contributed by atoms with E-state index in [0.29, 0.717) is 17.3 Å². The first kappa shape index (κ1) is 22.1. The zero-order chi connectivity index (χ0) is 21.9. The maximum atomic E-state index is 12.6. The molecule has 1 aliphatic carbocycles. The number of morpholine rings is 1. The average Bonchev–Trinajstić information content (AvgIpc) is 3.18. The third-order valence-corrected chi connectivity index (χ3v) is 8.18. The van der Waals surface area contributed by atoms with Crippen molar-refractivity contribution in [2.45, 2.75) is 37.3 Å². The van der Waals surface area contributed by atoms with E-state index in [-0.39, 0.29) is 5.91 Å². The molecule has 0 unspecified atom stereocenters. The number of fused-ring (bicyclic) bond motifs is 3. The second-order valence-electron chi connectivity index (χ2n) is 8.07. The highest BCUT2D eigenvalue weighted by Gasteiger charge is 2.23. The number of aromatic nitrogens is 2. The van der Waals surface area contributed by atoms with Crippen LogP contribution in [0.2, 0.25) is 5.02 Å². The average molecular weight is 489 g/mol. The van der Waals surface area contributed by atoms with Gasteiger partial charge in [0.15, 0.2) is 0 Å². The number of nitrogens with one attached hydrogen (secondary N) is 1. The second kappa shape index (κ2) is 10.1. The Morgan fingerprint density at radius 2 is 1.94 bits per heavy atom. The van der Waals surface area contributed by atoms with E-state index in [1.54, 1.807) is 12.1 Å². The third-order valence-electron chi connectivity index (χ3n) is 5.76. The number of nitrogens with zero attached hydrogens (tertiary/aromatic N) is 3. The molecule has 1 fully saturated rings. The number of hydrogen-bond acceptors (Lipinski definition) is 7. The molecular weight excluding hydrogens is 464 g/mol. The number of hydrogen-bond donors (Lipinski definition) is 1. The molecule has 3 heterocycles. The van der Waals surface area contributed by atoms with Crippen LogP contribution in [0.5, 0.6) is 0 Å². The van der Waals surface area contributed by atoms with Gasteiger partial charge in [0, 0.05) is 34.1 Å². The summed E-state index contributed by atoms with van der Waals surface area (Å²) in [4.78, 5) is 27.3. The van der Waals surface area contributed by atoms with Crippen LogP contribution < -0.4 is 5.32 Å². The number of aryl methyl sites for hydroxylation is 2. The molecule has 0 atom stereocenters. The molecule has 1 N–H and O–H groups in total. The number of carbonyl (C=O) groups is 1. The number of benzene rings is 1. The molecule has 2 aliphatic rings. The van der Waals surface area contributed by atoms with E-state index in [1.165, 1.54) is 40.4 Å². The molecule has 0 bridgehead atoms. The van der Waals surface area contributed by atoms with Crippen LogP contribution in [0.4, 0.5) is 5.69 Å². The number of rotatable bonds is 6. The van der Waals surface area contributed by atoms with E-state index in [1.807, 2.05) is 23.5 Å². The van der Waals surface area contributed by atoms with Gasteiger partial charge in [0.1, 0.15) is 15.7 Å². The minimum atomic E-state index is -0.0529. The van der Waals surface area contributed by atoms with E-state index in [9.17, 15) is 4.79 Å². The van der Waals surface area contributed by atoms with Gasteiger partial charge in [0.05, 0.1) is 25.5 Å². The van der Waals surface area contributed by atoms with Gasteiger partial charge in [-0.1, -0.05) is 23.4 Å². The van der Waals surface area contributed by atoms with Crippen molar-refractivity contribution in [3.05, 3.63) is 45.6 Å². The van der Waals surface area contributed by atoms with Crippen molar-refractivity contribution in [2.75, 3.05) is 37.4 Å². The maximum absolute atomic E-state index is 12.6. The van der Waals surface area contributed by atoms with Gasteiger partial charge in [-0.15, -0.1) is 11.3 Å². The van der Waals surface area contributed by atoms with Gasteiger partial charge >= 0.3 is 0 Å². The van der Waals surface area contributed by atoms with Crippen LogP contribution in [0.15, 0.2) is 29.3 Å². The molecule has 5 rings (SSSR count). The maximum Gasteiger partial charge on any atom is 0.234 e. The molecule has 168 valence electrons. The fourth-order valence-corrected chi connectivity index (χ4v) is 6.51. The highest BCUT2D eigenvalue weighted by Crippen LogP contribution is 2.39. The number of carbonyl (C=O) groups excluding carboxylic acids is 1. The summed E-state index contributed by atoms with van der Waals surface area (Å²) >= 11 is 9.25. The lowest BCUT2D eigenvalue weighted by molar-refractivity contribution is -0.113. The number of thioether (sulfide) groups is 1. The van der Waals surface area contributed by atoms with E-state index < -0.39 is 0 Å². The molecule has 1 amide bonds. The normalized spacial score (nSPS) is 16.8. The number of anilines is 1. The Hall–Kier alpha value is -1.71. The Kier molecular flexibility index (Phi) is 6.94. The SMILES string of the molecule is O=C(CSc1nc(CN2CCOCC2)nc2sc3c(c12)CCCC3)Nc1ccc(Cl)cc1. The molecule has 3 aromatic rings. The summed E-state index contributed by atoms with van der Waals surface area (Å²) in [6.45, 7) is 4.01. The minimum Gasteiger partial charge on any atom is -0.379 e. The summed E-state index contributed by atoms with van der Waals surface area (Å²) in [5.41, 5.74) is 2.14. The van der Waals surface area contributed by atoms with Crippen molar-refractivity contribution >= 4 is 56.5 Å². The Morgan fingerprint density at radius 1 is 1.16 bits per heavy atom. The van der Waals surface area contributed by atoms with Gasteiger partial charge in [0.25, 0.3) is 0 Å². The van der Waals surface area contributed by atoms with Crippen LogP contribution in [0.3, 0.4) is 0 Å². The van der Waals surface area contributed by atoms with Crippen molar-refractivity contribution in [1.82, 2.24) is 14.9 Å². The van der Waals surface area contributed by atoms with Crippen LogP contribution in [0.25, 0.3) is 10.2 Å². The summed E-state index contributed by atoms with van der Waals surface area (Å²) in [6, 6.07) is 7.16. The van der Waals surface area contributed by atoms with E-state index >= 15 is 0 Å². The highest BCUT2D eigenvalue weighted by molar-refractivity contribution is 8.00. The number of thiophene rings is 1. The predicted octanol–water partition coefficient (Wildman–Crippen LogP) is 4.79. The lowest BCUT2D eigenvalue weighted by atomic mass is 9.97. The van der Waals surface area contributed by atoms with Crippen LogP contribution in [0, 0.1) is 0 Å². The summed E-state index contributed by atoms with van der Waals surface area (Å²) in [6.07, 6.45) is 4.64.